The molecular formula is C11H15BrClN. The van der Waals surface area contributed by atoms with Gasteiger partial charge < -0.3 is 5.73 Å². The van der Waals surface area contributed by atoms with Crippen LogP contribution in [0.15, 0.2) is 28.7 Å². The molecule has 2 rings (SSSR count). The van der Waals surface area contributed by atoms with Crippen LogP contribution in [0.5, 0.6) is 0 Å². The van der Waals surface area contributed by atoms with Crippen molar-refractivity contribution >= 4 is 28.3 Å². The molecule has 0 aromatic heterocycles. The maximum absolute atomic E-state index is 6.16. The molecule has 0 aliphatic heterocycles. The third-order valence-electron chi connectivity index (χ3n) is 3.03. The van der Waals surface area contributed by atoms with Crippen LogP contribution in [0, 0.1) is 0 Å². The zero-order valence-corrected chi connectivity index (χ0v) is 10.6. The minimum Gasteiger partial charge on any atom is -0.325 e. The van der Waals surface area contributed by atoms with Crippen LogP contribution in [0.3, 0.4) is 0 Å². The Hall–Kier alpha value is -0.0500. The Labute approximate surface area is 99.6 Å². The second kappa shape index (κ2) is 4.21. The average molecular weight is 277 g/mol. The predicted molar refractivity (Wildman–Crippen MR) is 66.0 cm³/mol. The molecule has 78 valence electrons. The normalized spacial score (nSPS) is 29.5. The molecule has 1 fully saturated rings. The van der Waals surface area contributed by atoms with Crippen LogP contribution in [0.2, 0.25) is 0 Å². The van der Waals surface area contributed by atoms with Gasteiger partial charge in [0.25, 0.3) is 0 Å². The molecule has 0 radical (unpaired) electrons. The van der Waals surface area contributed by atoms with Gasteiger partial charge in [-0.15, -0.1) is 12.4 Å². The number of nitrogens with two attached hydrogens (primary N) is 1. The van der Waals surface area contributed by atoms with E-state index in [0.717, 1.165) is 17.3 Å². The van der Waals surface area contributed by atoms with Crippen molar-refractivity contribution in [2.24, 2.45) is 5.73 Å². The van der Waals surface area contributed by atoms with Crippen molar-refractivity contribution in [2.45, 2.75) is 31.2 Å². The van der Waals surface area contributed by atoms with Crippen LogP contribution in [-0.4, -0.2) is 5.54 Å². The quantitative estimate of drug-likeness (QED) is 0.879. The maximum Gasteiger partial charge on any atom is 0.0228 e. The molecule has 0 saturated heterocycles. The lowest BCUT2D eigenvalue weighted by Gasteiger charge is -2.07. The summed E-state index contributed by atoms with van der Waals surface area (Å²) in [6, 6.07) is 8.47. The van der Waals surface area contributed by atoms with Crippen molar-refractivity contribution in [2.75, 3.05) is 0 Å². The van der Waals surface area contributed by atoms with E-state index >= 15 is 0 Å². The van der Waals surface area contributed by atoms with Crippen LogP contribution < -0.4 is 5.73 Å². The molecule has 2 N–H and O–H groups in total. The van der Waals surface area contributed by atoms with E-state index in [1.54, 1.807) is 0 Å². The van der Waals surface area contributed by atoms with E-state index in [9.17, 15) is 0 Å². The molecule has 1 aliphatic carbocycles. The van der Waals surface area contributed by atoms with Gasteiger partial charge in [-0.25, -0.2) is 0 Å². The van der Waals surface area contributed by atoms with Gasteiger partial charge in [-0.3, -0.25) is 0 Å². The highest BCUT2D eigenvalue weighted by molar-refractivity contribution is 9.10. The number of hydrogen-bond acceptors (Lipinski definition) is 1. The summed E-state index contributed by atoms with van der Waals surface area (Å²) in [5.41, 5.74) is 7.61. The lowest BCUT2D eigenvalue weighted by atomic mass is 10.1. The zero-order valence-electron chi connectivity index (χ0n) is 8.16. The van der Waals surface area contributed by atoms with Crippen molar-refractivity contribution in [3.05, 3.63) is 34.3 Å². The first kappa shape index (κ1) is 12.0. The van der Waals surface area contributed by atoms with Gasteiger partial charge in [0.05, 0.1) is 0 Å². The van der Waals surface area contributed by atoms with Gasteiger partial charge >= 0.3 is 0 Å². The molecular weight excluding hydrogens is 261 g/mol. The molecule has 14 heavy (non-hydrogen) atoms. The van der Waals surface area contributed by atoms with E-state index in [0.29, 0.717) is 5.92 Å². The van der Waals surface area contributed by atoms with Crippen molar-refractivity contribution < 1.29 is 0 Å². The van der Waals surface area contributed by atoms with Gasteiger partial charge in [-0.05, 0) is 30.5 Å². The van der Waals surface area contributed by atoms with Crippen molar-refractivity contribution in [3.8, 4) is 0 Å². The molecule has 0 spiro atoms. The third-order valence-corrected chi connectivity index (χ3v) is 3.52. The van der Waals surface area contributed by atoms with Crippen LogP contribution >= 0.6 is 28.3 Å². The highest BCUT2D eigenvalue weighted by Crippen LogP contribution is 2.51. The van der Waals surface area contributed by atoms with Crippen LogP contribution in [-0.2, 0) is 0 Å². The molecule has 0 heterocycles. The summed E-state index contributed by atoms with van der Waals surface area (Å²) in [7, 11) is 0. The Morgan fingerprint density at radius 3 is 2.79 bits per heavy atom. The molecule has 1 nitrogen and oxygen atoms in total. The predicted octanol–water partition coefficient (Wildman–Crippen LogP) is 3.47. The largest absolute Gasteiger partial charge is 0.325 e. The maximum atomic E-state index is 6.16. The fourth-order valence-electron chi connectivity index (χ4n) is 1.88. The Morgan fingerprint density at radius 1 is 1.57 bits per heavy atom. The molecule has 2 atom stereocenters. The summed E-state index contributed by atoms with van der Waals surface area (Å²) in [6.07, 6.45) is 2.21. The molecule has 1 aromatic rings. The van der Waals surface area contributed by atoms with Crippen molar-refractivity contribution in [1.82, 2.24) is 0 Å². The SMILES string of the molecule is CC[C@@]1(N)C[C@H]1c1cccc(Br)c1.Cl. The summed E-state index contributed by atoms with van der Waals surface area (Å²) in [5, 5.41) is 0. The summed E-state index contributed by atoms with van der Waals surface area (Å²) in [4.78, 5) is 0. The molecule has 1 aliphatic rings. The smallest absolute Gasteiger partial charge is 0.0228 e. The Bertz CT molecular complexity index is 329. The van der Waals surface area contributed by atoms with Gasteiger partial charge in [0, 0.05) is 15.9 Å². The minimum atomic E-state index is 0. The number of hydrogen-bond donors (Lipinski definition) is 1. The van der Waals surface area contributed by atoms with E-state index in [4.69, 9.17) is 5.73 Å². The first-order valence-electron chi connectivity index (χ1n) is 4.70. The second-order valence-corrected chi connectivity index (χ2v) is 4.81. The average Bonchev–Trinajstić information content (AvgIpc) is 2.79. The number of rotatable bonds is 2. The van der Waals surface area contributed by atoms with E-state index < -0.39 is 0 Å². The van der Waals surface area contributed by atoms with Gasteiger partial charge in [-0.1, -0.05) is 35.0 Å². The van der Waals surface area contributed by atoms with Crippen LogP contribution in [0.25, 0.3) is 0 Å². The lowest BCUT2D eigenvalue weighted by Crippen LogP contribution is -2.22. The van der Waals surface area contributed by atoms with E-state index in [-0.39, 0.29) is 17.9 Å². The Morgan fingerprint density at radius 2 is 2.29 bits per heavy atom. The topological polar surface area (TPSA) is 26.0 Å². The minimum absolute atomic E-state index is 0. The molecule has 3 heteroatoms. The summed E-state index contributed by atoms with van der Waals surface area (Å²) < 4.78 is 1.15. The molecule has 1 saturated carbocycles. The summed E-state index contributed by atoms with van der Waals surface area (Å²) in [5.74, 6) is 0.579. The summed E-state index contributed by atoms with van der Waals surface area (Å²) >= 11 is 3.48. The first-order valence-corrected chi connectivity index (χ1v) is 5.49. The highest BCUT2D eigenvalue weighted by atomic mass is 79.9. The highest BCUT2D eigenvalue weighted by Gasteiger charge is 2.49. The van der Waals surface area contributed by atoms with Gasteiger partial charge in [0.1, 0.15) is 0 Å². The van der Waals surface area contributed by atoms with E-state index in [2.05, 4.69) is 47.1 Å². The molecule has 1 aromatic carbocycles. The number of benzene rings is 1. The van der Waals surface area contributed by atoms with Crippen LogP contribution in [0.4, 0.5) is 0 Å². The van der Waals surface area contributed by atoms with Crippen LogP contribution in [0.1, 0.15) is 31.2 Å². The zero-order chi connectivity index (χ0) is 9.47. The van der Waals surface area contributed by atoms with Gasteiger partial charge in [-0.2, -0.15) is 0 Å². The second-order valence-electron chi connectivity index (χ2n) is 3.90. The van der Waals surface area contributed by atoms with Gasteiger partial charge in [0.2, 0.25) is 0 Å². The van der Waals surface area contributed by atoms with Gasteiger partial charge in [0.15, 0.2) is 0 Å². The Balaban J connectivity index is 0.000000980. The standard InChI is InChI=1S/C11H14BrN.ClH/c1-2-11(13)7-10(11)8-4-3-5-9(12)6-8;/h3-6,10H,2,7,13H2,1H3;1H/t10-,11+;/m0./s1. The third kappa shape index (κ3) is 2.13. The Kier molecular flexibility index (Phi) is 3.62. The van der Waals surface area contributed by atoms with E-state index in [1.807, 2.05) is 0 Å². The lowest BCUT2D eigenvalue weighted by molar-refractivity contribution is 0.626. The molecule has 0 unspecified atom stereocenters. The fourth-order valence-corrected chi connectivity index (χ4v) is 2.30. The van der Waals surface area contributed by atoms with E-state index in [1.165, 1.54) is 5.56 Å². The monoisotopic (exact) mass is 275 g/mol. The first-order chi connectivity index (χ1) is 6.15. The summed E-state index contributed by atoms with van der Waals surface area (Å²) in [6.45, 7) is 2.16. The van der Waals surface area contributed by atoms with Crippen molar-refractivity contribution in [3.63, 3.8) is 0 Å². The molecule has 0 bridgehead atoms. The fraction of sp³-hybridized carbons (Fsp3) is 0.455. The molecule has 0 amide bonds. The van der Waals surface area contributed by atoms with Crippen molar-refractivity contribution in [1.29, 1.82) is 0 Å². The number of halogens is 2.